The number of nitrogens with zero attached hydrogens (tertiary/aromatic N) is 1. The van der Waals surface area contributed by atoms with Gasteiger partial charge >= 0.3 is 0 Å². The second-order valence-corrected chi connectivity index (χ2v) is 4.12. The Morgan fingerprint density at radius 3 is 2.37 bits per heavy atom. The van der Waals surface area contributed by atoms with Gasteiger partial charge in [0.2, 0.25) is 0 Å². The molecule has 0 heterocycles. The van der Waals surface area contributed by atoms with Crippen LogP contribution in [0.25, 0.3) is 0 Å². The maximum atomic E-state index is 12.7. The van der Waals surface area contributed by atoms with Crippen molar-refractivity contribution >= 4 is 12.1 Å². The van der Waals surface area contributed by atoms with Crippen molar-refractivity contribution in [2.75, 3.05) is 0 Å². The van der Waals surface area contributed by atoms with Crippen LogP contribution >= 0.6 is 0 Å². The fourth-order valence-electron chi connectivity index (χ4n) is 1.48. The predicted octanol–water partition coefficient (Wildman–Crippen LogP) is 2.90. The molecule has 1 amide bonds. The summed E-state index contributed by atoms with van der Waals surface area (Å²) < 4.78 is 12.7. The summed E-state index contributed by atoms with van der Waals surface area (Å²) >= 11 is 0. The number of benzene rings is 2. The Bertz CT molecular complexity index is 589. The first-order chi connectivity index (χ1) is 9.15. The predicted molar refractivity (Wildman–Crippen MR) is 72.6 cm³/mol. The summed E-state index contributed by atoms with van der Waals surface area (Å²) in [5, 5.41) is 3.85. The van der Waals surface area contributed by atoms with Gasteiger partial charge in [-0.2, -0.15) is 5.10 Å². The number of amides is 1. The Kier molecular flexibility index (Phi) is 4.03. The lowest BCUT2D eigenvalue weighted by atomic mass is 10.2. The first kappa shape index (κ1) is 13.0. The Balaban J connectivity index is 1.96. The van der Waals surface area contributed by atoms with E-state index in [0.29, 0.717) is 5.56 Å². The molecule has 0 bridgehead atoms. The van der Waals surface area contributed by atoms with Gasteiger partial charge in [-0.05, 0) is 36.8 Å². The average Bonchev–Trinajstić information content (AvgIpc) is 2.41. The largest absolute Gasteiger partial charge is 0.271 e. The van der Waals surface area contributed by atoms with Gasteiger partial charge in [0.05, 0.1) is 6.21 Å². The minimum atomic E-state index is -0.375. The number of hydrogen-bond donors (Lipinski definition) is 1. The van der Waals surface area contributed by atoms with Gasteiger partial charge in [-0.1, -0.05) is 29.8 Å². The number of aryl methyl sites for hydroxylation is 1. The normalized spacial score (nSPS) is 10.6. The fourth-order valence-corrected chi connectivity index (χ4v) is 1.48. The Morgan fingerprint density at radius 2 is 1.74 bits per heavy atom. The third-order valence-electron chi connectivity index (χ3n) is 2.56. The molecule has 96 valence electrons. The highest BCUT2D eigenvalue weighted by Crippen LogP contribution is 2.03. The van der Waals surface area contributed by atoms with Gasteiger partial charge in [0.15, 0.2) is 0 Å². The molecule has 2 aromatic carbocycles. The molecular weight excluding hydrogens is 243 g/mol. The smallest absolute Gasteiger partial charge is 0.267 e. The van der Waals surface area contributed by atoms with Crippen LogP contribution in [0.3, 0.4) is 0 Å². The average molecular weight is 256 g/mol. The monoisotopic (exact) mass is 256 g/mol. The van der Waals surface area contributed by atoms with E-state index in [1.54, 1.807) is 6.21 Å². The number of carbonyl (C=O) groups is 1. The maximum Gasteiger partial charge on any atom is 0.271 e. The molecule has 0 unspecified atom stereocenters. The quantitative estimate of drug-likeness (QED) is 0.665. The van der Waals surface area contributed by atoms with Crippen molar-refractivity contribution in [1.82, 2.24) is 5.43 Å². The Labute approximate surface area is 110 Å². The molecule has 0 aliphatic rings. The molecule has 2 aromatic rings. The van der Waals surface area contributed by atoms with Crippen molar-refractivity contribution in [3.8, 4) is 0 Å². The summed E-state index contributed by atoms with van der Waals surface area (Å²) in [6.07, 6.45) is 1.56. The van der Waals surface area contributed by atoms with Crippen LogP contribution < -0.4 is 5.43 Å². The van der Waals surface area contributed by atoms with E-state index in [0.717, 1.165) is 11.1 Å². The minimum absolute atomic E-state index is 0.363. The first-order valence-corrected chi connectivity index (χ1v) is 5.81. The first-order valence-electron chi connectivity index (χ1n) is 5.81. The Morgan fingerprint density at radius 1 is 1.11 bits per heavy atom. The van der Waals surface area contributed by atoms with Crippen molar-refractivity contribution in [1.29, 1.82) is 0 Å². The molecule has 0 radical (unpaired) electrons. The summed E-state index contributed by atoms with van der Waals surface area (Å²) in [5.74, 6) is -0.747. The summed E-state index contributed by atoms with van der Waals surface area (Å²) in [4.78, 5) is 11.7. The van der Waals surface area contributed by atoms with Crippen LogP contribution in [0.1, 0.15) is 21.5 Å². The molecule has 0 aromatic heterocycles. The lowest BCUT2D eigenvalue weighted by molar-refractivity contribution is 0.0955. The standard InChI is InChI=1S/C15H13FN2O/c1-11-2-4-12(5-3-11)10-17-18-15(19)13-6-8-14(16)9-7-13/h2-10H,1H3,(H,18,19)/b17-10-. The second kappa shape index (κ2) is 5.91. The summed E-state index contributed by atoms with van der Waals surface area (Å²) in [6, 6.07) is 13.0. The van der Waals surface area contributed by atoms with Crippen LogP contribution in [0, 0.1) is 12.7 Å². The summed E-state index contributed by atoms with van der Waals surface area (Å²) in [5.41, 5.74) is 4.81. The third kappa shape index (κ3) is 3.74. The van der Waals surface area contributed by atoms with Gasteiger partial charge in [0.1, 0.15) is 5.82 Å². The molecule has 0 aliphatic carbocycles. The number of hydrazone groups is 1. The zero-order valence-electron chi connectivity index (χ0n) is 10.4. The lowest BCUT2D eigenvalue weighted by Gasteiger charge is -1.99. The molecule has 0 saturated carbocycles. The van der Waals surface area contributed by atoms with Gasteiger partial charge < -0.3 is 0 Å². The molecule has 0 fully saturated rings. The van der Waals surface area contributed by atoms with Gasteiger partial charge in [0.25, 0.3) is 5.91 Å². The van der Waals surface area contributed by atoms with Gasteiger partial charge in [-0.3, -0.25) is 4.79 Å². The minimum Gasteiger partial charge on any atom is -0.267 e. The highest BCUT2D eigenvalue weighted by molar-refractivity contribution is 5.94. The molecule has 0 aliphatic heterocycles. The van der Waals surface area contributed by atoms with E-state index in [-0.39, 0.29) is 11.7 Å². The van der Waals surface area contributed by atoms with Crippen molar-refractivity contribution in [2.45, 2.75) is 6.92 Å². The van der Waals surface area contributed by atoms with E-state index in [4.69, 9.17) is 0 Å². The molecular formula is C15H13FN2O. The highest BCUT2D eigenvalue weighted by atomic mass is 19.1. The second-order valence-electron chi connectivity index (χ2n) is 4.12. The van der Waals surface area contributed by atoms with Crippen LogP contribution in [0.2, 0.25) is 0 Å². The van der Waals surface area contributed by atoms with Crippen LogP contribution in [0.4, 0.5) is 4.39 Å². The molecule has 2 rings (SSSR count). The molecule has 0 saturated heterocycles. The van der Waals surface area contributed by atoms with E-state index in [9.17, 15) is 9.18 Å². The van der Waals surface area contributed by atoms with E-state index >= 15 is 0 Å². The molecule has 19 heavy (non-hydrogen) atoms. The van der Waals surface area contributed by atoms with Crippen LogP contribution in [-0.2, 0) is 0 Å². The molecule has 0 spiro atoms. The number of carbonyl (C=O) groups excluding carboxylic acids is 1. The van der Waals surface area contributed by atoms with Crippen LogP contribution in [0.5, 0.6) is 0 Å². The molecule has 0 atom stereocenters. The number of hydrogen-bond acceptors (Lipinski definition) is 2. The van der Waals surface area contributed by atoms with Crippen molar-refractivity contribution < 1.29 is 9.18 Å². The third-order valence-corrected chi connectivity index (χ3v) is 2.56. The molecule has 1 N–H and O–H groups in total. The topological polar surface area (TPSA) is 41.5 Å². The van der Waals surface area contributed by atoms with Gasteiger partial charge in [-0.15, -0.1) is 0 Å². The van der Waals surface area contributed by atoms with Crippen molar-refractivity contribution in [3.05, 3.63) is 71.0 Å². The zero-order valence-corrected chi connectivity index (χ0v) is 10.4. The van der Waals surface area contributed by atoms with Gasteiger partial charge in [-0.25, -0.2) is 9.82 Å². The fraction of sp³-hybridized carbons (Fsp3) is 0.0667. The SMILES string of the molecule is Cc1ccc(/C=N\NC(=O)c2ccc(F)cc2)cc1. The molecule has 3 nitrogen and oxygen atoms in total. The van der Waals surface area contributed by atoms with Crippen molar-refractivity contribution in [2.24, 2.45) is 5.10 Å². The lowest BCUT2D eigenvalue weighted by Crippen LogP contribution is -2.17. The zero-order chi connectivity index (χ0) is 13.7. The highest BCUT2D eigenvalue weighted by Gasteiger charge is 2.03. The number of rotatable bonds is 3. The summed E-state index contributed by atoms with van der Waals surface area (Å²) in [6.45, 7) is 2.00. The summed E-state index contributed by atoms with van der Waals surface area (Å²) in [7, 11) is 0. The Hall–Kier alpha value is -2.49. The van der Waals surface area contributed by atoms with Crippen LogP contribution in [0.15, 0.2) is 53.6 Å². The molecule has 4 heteroatoms. The maximum absolute atomic E-state index is 12.7. The van der Waals surface area contributed by atoms with Crippen molar-refractivity contribution in [3.63, 3.8) is 0 Å². The van der Waals surface area contributed by atoms with Gasteiger partial charge in [0, 0.05) is 5.56 Å². The number of nitrogens with one attached hydrogen (secondary N) is 1. The van der Waals surface area contributed by atoms with Crippen LogP contribution in [-0.4, -0.2) is 12.1 Å². The van der Waals surface area contributed by atoms with E-state index in [1.165, 1.54) is 24.3 Å². The van der Waals surface area contributed by atoms with E-state index in [2.05, 4.69) is 10.5 Å². The number of halogens is 1. The van der Waals surface area contributed by atoms with E-state index < -0.39 is 0 Å². The van der Waals surface area contributed by atoms with E-state index in [1.807, 2.05) is 31.2 Å².